The van der Waals surface area contributed by atoms with Crippen LogP contribution in [0.1, 0.15) is 33.1 Å². The number of carbonyl (C=O) groups excluding carboxylic acids is 2. The lowest BCUT2D eigenvalue weighted by Gasteiger charge is -1.79. The monoisotopic (exact) mass is 198 g/mol. The zero-order valence-corrected chi connectivity index (χ0v) is 8.91. The van der Waals surface area contributed by atoms with Crippen molar-refractivity contribution in [3.8, 4) is 0 Å². The number of esters is 2. The molecule has 14 heavy (non-hydrogen) atoms. The quantitative estimate of drug-likeness (QED) is 0.369. The Hall–Kier alpha value is -1.38. The molecule has 0 aromatic carbocycles. The molecule has 3 heteroatoms. The van der Waals surface area contributed by atoms with Gasteiger partial charge in [-0.1, -0.05) is 19.1 Å². The van der Waals surface area contributed by atoms with E-state index in [1.54, 1.807) is 6.08 Å². The molecule has 0 aromatic heterocycles. The van der Waals surface area contributed by atoms with Gasteiger partial charge in [-0.15, -0.1) is 13.2 Å². The maximum atomic E-state index is 10.0. The molecular formula is C11H18O3. The fraction of sp³-hybridized carbons (Fsp3) is 0.455. The molecule has 0 atom stereocenters. The van der Waals surface area contributed by atoms with E-state index in [-0.39, 0.29) is 12.8 Å². The van der Waals surface area contributed by atoms with Crippen molar-refractivity contribution >= 4 is 11.9 Å². The summed E-state index contributed by atoms with van der Waals surface area (Å²) in [6, 6.07) is 0. The second-order valence-electron chi connectivity index (χ2n) is 2.45. The van der Waals surface area contributed by atoms with Gasteiger partial charge in [-0.25, -0.2) is 0 Å². The van der Waals surface area contributed by atoms with E-state index in [2.05, 4.69) is 24.8 Å². The Morgan fingerprint density at radius 3 is 1.64 bits per heavy atom. The van der Waals surface area contributed by atoms with Gasteiger partial charge < -0.3 is 4.74 Å². The van der Waals surface area contributed by atoms with Crippen molar-refractivity contribution in [2.45, 2.75) is 33.1 Å². The van der Waals surface area contributed by atoms with Gasteiger partial charge in [0.05, 0.1) is 12.8 Å². The average Bonchev–Trinajstić information content (AvgIpc) is 2.52. The minimum absolute atomic E-state index is 0.263. The standard InChI is InChI=1S/C4H4O3.C4H8.C3H6/c5-3-1-2-4(6)7-3;1-3-4-2;1-3-2/h1-2H2;3H,1,4H2,2H3;3H,1H2,2H3. The zero-order valence-electron chi connectivity index (χ0n) is 8.91. The van der Waals surface area contributed by atoms with Crippen LogP contribution >= 0.6 is 0 Å². The molecule has 0 saturated carbocycles. The molecule has 1 rings (SSSR count). The molecule has 1 aliphatic rings. The highest BCUT2D eigenvalue weighted by Crippen LogP contribution is 2.03. The molecule has 0 unspecified atom stereocenters. The van der Waals surface area contributed by atoms with Crippen LogP contribution in [0.3, 0.4) is 0 Å². The minimum Gasteiger partial charge on any atom is -0.393 e. The largest absolute Gasteiger partial charge is 0.393 e. The van der Waals surface area contributed by atoms with Gasteiger partial charge >= 0.3 is 11.9 Å². The second kappa shape index (κ2) is 11.6. The van der Waals surface area contributed by atoms with Crippen LogP contribution in [0.5, 0.6) is 0 Å². The summed E-state index contributed by atoms with van der Waals surface area (Å²) in [6.07, 6.45) is 5.23. The molecule has 80 valence electrons. The first kappa shape index (κ1) is 15.1. The predicted molar refractivity (Wildman–Crippen MR) is 56.7 cm³/mol. The molecule has 0 radical (unpaired) electrons. The van der Waals surface area contributed by atoms with Crippen molar-refractivity contribution in [3.05, 3.63) is 25.3 Å². The van der Waals surface area contributed by atoms with E-state index in [9.17, 15) is 9.59 Å². The highest BCUT2D eigenvalue weighted by Gasteiger charge is 2.19. The molecule has 0 aromatic rings. The molecule has 0 N–H and O–H groups in total. The van der Waals surface area contributed by atoms with E-state index in [1.165, 1.54) is 0 Å². The Morgan fingerprint density at radius 2 is 1.57 bits per heavy atom. The molecule has 0 bridgehead atoms. The molecule has 1 aliphatic heterocycles. The van der Waals surface area contributed by atoms with Gasteiger partial charge in [-0.05, 0) is 13.3 Å². The first-order chi connectivity index (χ1) is 6.62. The van der Waals surface area contributed by atoms with Crippen LogP contribution < -0.4 is 0 Å². The molecule has 3 nitrogen and oxygen atoms in total. The van der Waals surface area contributed by atoms with Gasteiger partial charge in [-0.2, -0.15) is 0 Å². The summed E-state index contributed by atoms with van der Waals surface area (Å²) in [5.41, 5.74) is 0. The maximum absolute atomic E-state index is 10.0. The zero-order chi connectivity index (χ0) is 11.4. The van der Waals surface area contributed by atoms with E-state index in [4.69, 9.17) is 0 Å². The summed E-state index contributed by atoms with van der Waals surface area (Å²) < 4.78 is 4.08. The number of hydrogen-bond donors (Lipinski definition) is 0. The van der Waals surface area contributed by atoms with Crippen LogP contribution in [0, 0.1) is 0 Å². The fourth-order valence-corrected chi connectivity index (χ4v) is 0.433. The number of allylic oxidation sites excluding steroid dienone is 2. The first-order valence-corrected chi connectivity index (χ1v) is 4.53. The highest BCUT2D eigenvalue weighted by atomic mass is 16.6. The summed E-state index contributed by atoms with van der Waals surface area (Å²) >= 11 is 0. The highest BCUT2D eigenvalue weighted by molar-refractivity contribution is 5.92. The summed E-state index contributed by atoms with van der Waals surface area (Å²) in [5.74, 6) is -0.796. The van der Waals surface area contributed by atoms with Crippen LogP contribution in [0.25, 0.3) is 0 Å². The van der Waals surface area contributed by atoms with Crippen molar-refractivity contribution in [2.75, 3.05) is 0 Å². The Bertz CT molecular complexity index is 181. The van der Waals surface area contributed by atoms with Gasteiger partial charge in [0.2, 0.25) is 0 Å². The van der Waals surface area contributed by atoms with Gasteiger partial charge in [0, 0.05) is 0 Å². The van der Waals surface area contributed by atoms with E-state index in [0.717, 1.165) is 6.42 Å². The summed E-state index contributed by atoms with van der Waals surface area (Å²) in [7, 11) is 0. The lowest BCUT2D eigenvalue weighted by Crippen LogP contribution is -1.94. The molecule has 1 fully saturated rings. The Kier molecular flexibility index (Phi) is 12.5. The summed E-state index contributed by atoms with van der Waals surface area (Å²) in [5, 5.41) is 0. The van der Waals surface area contributed by atoms with Crippen molar-refractivity contribution in [2.24, 2.45) is 0 Å². The van der Waals surface area contributed by atoms with Gasteiger partial charge in [0.25, 0.3) is 0 Å². The van der Waals surface area contributed by atoms with Crippen molar-refractivity contribution < 1.29 is 14.3 Å². The molecule has 1 heterocycles. The summed E-state index contributed by atoms with van der Waals surface area (Å²) in [4.78, 5) is 20.0. The van der Waals surface area contributed by atoms with Crippen LogP contribution in [0.15, 0.2) is 25.3 Å². The van der Waals surface area contributed by atoms with Gasteiger partial charge in [0.15, 0.2) is 0 Å². The fourth-order valence-electron chi connectivity index (χ4n) is 0.433. The first-order valence-electron chi connectivity index (χ1n) is 4.53. The topological polar surface area (TPSA) is 43.4 Å². The number of rotatable bonds is 1. The number of carbonyl (C=O) groups is 2. The Morgan fingerprint density at radius 1 is 1.29 bits per heavy atom. The molecule has 0 amide bonds. The van der Waals surface area contributed by atoms with Crippen molar-refractivity contribution in [3.63, 3.8) is 0 Å². The number of hydrogen-bond acceptors (Lipinski definition) is 3. The molecule has 0 aliphatic carbocycles. The smallest absolute Gasteiger partial charge is 0.314 e. The Balaban J connectivity index is 0. The van der Waals surface area contributed by atoms with Gasteiger partial charge in [-0.3, -0.25) is 9.59 Å². The van der Waals surface area contributed by atoms with Crippen LogP contribution in [-0.4, -0.2) is 11.9 Å². The average molecular weight is 198 g/mol. The van der Waals surface area contributed by atoms with E-state index in [1.807, 2.05) is 13.0 Å². The number of ether oxygens (including phenoxy) is 1. The lowest BCUT2D eigenvalue weighted by atomic mass is 10.4. The maximum Gasteiger partial charge on any atom is 0.314 e. The third-order valence-electron chi connectivity index (χ3n) is 1.05. The molecule has 1 saturated heterocycles. The normalized spacial score (nSPS) is 12.7. The SMILES string of the molecule is C=CC.C=CCC.O=C1CCC(=O)O1. The van der Waals surface area contributed by atoms with Crippen molar-refractivity contribution in [1.82, 2.24) is 0 Å². The second-order valence-corrected chi connectivity index (χ2v) is 2.45. The minimum atomic E-state index is -0.398. The van der Waals surface area contributed by atoms with E-state index in [0.29, 0.717) is 0 Å². The van der Waals surface area contributed by atoms with Crippen LogP contribution in [0.2, 0.25) is 0 Å². The molecular weight excluding hydrogens is 180 g/mol. The predicted octanol–water partition coefficient (Wildman–Crippen LogP) is 2.62. The van der Waals surface area contributed by atoms with E-state index >= 15 is 0 Å². The molecule has 0 spiro atoms. The van der Waals surface area contributed by atoms with Crippen LogP contribution in [-0.2, 0) is 14.3 Å². The third kappa shape index (κ3) is 13.2. The van der Waals surface area contributed by atoms with Crippen molar-refractivity contribution in [1.29, 1.82) is 0 Å². The lowest BCUT2D eigenvalue weighted by molar-refractivity contribution is -0.151. The summed E-state index contributed by atoms with van der Waals surface area (Å²) in [6.45, 7) is 10.8. The van der Waals surface area contributed by atoms with Crippen LogP contribution in [0.4, 0.5) is 0 Å². The van der Waals surface area contributed by atoms with E-state index < -0.39 is 11.9 Å². The Labute approximate surface area is 85.5 Å². The number of cyclic esters (lactones) is 2. The van der Waals surface area contributed by atoms with Gasteiger partial charge in [0.1, 0.15) is 0 Å². The third-order valence-corrected chi connectivity index (χ3v) is 1.05.